The van der Waals surface area contributed by atoms with Crippen LogP contribution in [0.25, 0.3) is 10.2 Å². The fourth-order valence-electron chi connectivity index (χ4n) is 4.55. The number of anilines is 1. The standard InChI is InChI=1S/C29H35ClIN3O4S2/c1-28(2,3)37-26(35)33(7)19-13-9-8-12-18(19)24-22(31)23-25(40-24)20(15-21(30)32-23)34(16-17-11-10-14-39-17)27(36)38-29(4,5)6/h8-11,14-15,18-19H,12-13,16H2,1-7H3/t18-,19-/m0/s1. The van der Waals surface area contributed by atoms with Crippen molar-refractivity contribution in [2.75, 3.05) is 11.9 Å². The van der Waals surface area contributed by atoms with Gasteiger partial charge in [-0.2, -0.15) is 0 Å². The fourth-order valence-corrected chi connectivity index (χ4v) is 8.06. The average molecular weight is 716 g/mol. The molecule has 1 aliphatic rings. The van der Waals surface area contributed by atoms with Gasteiger partial charge in [-0.25, -0.2) is 14.6 Å². The molecule has 3 aromatic rings. The van der Waals surface area contributed by atoms with Crippen LogP contribution in [0.15, 0.2) is 35.7 Å². The summed E-state index contributed by atoms with van der Waals surface area (Å²) >= 11 is 12.1. The number of hydrogen-bond acceptors (Lipinski definition) is 7. The van der Waals surface area contributed by atoms with Gasteiger partial charge in [0.15, 0.2) is 0 Å². The van der Waals surface area contributed by atoms with E-state index in [0.717, 1.165) is 30.0 Å². The molecule has 0 radical (unpaired) electrons. The molecule has 0 spiro atoms. The Kier molecular flexibility index (Phi) is 9.43. The van der Waals surface area contributed by atoms with Gasteiger partial charge in [-0.15, -0.1) is 22.7 Å². The van der Waals surface area contributed by atoms with Gasteiger partial charge in [-0.05, 0) is 88.4 Å². The van der Waals surface area contributed by atoms with Crippen LogP contribution in [-0.4, -0.2) is 46.4 Å². The zero-order valence-electron chi connectivity index (χ0n) is 23.8. The van der Waals surface area contributed by atoms with Crippen LogP contribution in [-0.2, 0) is 16.0 Å². The first-order valence-electron chi connectivity index (χ1n) is 13.1. The highest BCUT2D eigenvalue weighted by molar-refractivity contribution is 14.1. The largest absolute Gasteiger partial charge is 0.444 e. The lowest BCUT2D eigenvalue weighted by atomic mass is 9.87. The monoisotopic (exact) mass is 715 g/mol. The van der Waals surface area contributed by atoms with Crippen LogP contribution in [0.5, 0.6) is 0 Å². The van der Waals surface area contributed by atoms with Crippen molar-refractivity contribution in [3.63, 3.8) is 0 Å². The molecule has 40 heavy (non-hydrogen) atoms. The molecular weight excluding hydrogens is 681 g/mol. The summed E-state index contributed by atoms with van der Waals surface area (Å²) < 4.78 is 13.3. The second-order valence-electron chi connectivity index (χ2n) is 11.8. The molecule has 0 aliphatic heterocycles. The van der Waals surface area contributed by atoms with E-state index in [9.17, 15) is 9.59 Å². The predicted molar refractivity (Wildman–Crippen MR) is 173 cm³/mol. The smallest absolute Gasteiger partial charge is 0.415 e. The van der Waals surface area contributed by atoms with E-state index >= 15 is 0 Å². The summed E-state index contributed by atoms with van der Waals surface area (Å²) in [5.74, 6) is 0.0347. The lowest BCUT2D eigenvalue weighted by Crippen LogP contribution is -2.44. The number of likely N-dealkylation sites (N-methyl/N-ethyl adjacent to an activating group) is 1. The number of halogens is 2. The second kappa shape index (κ2) is 12.1. The maximum absolute atomic E-state index is 13.5. The Morgan fingerprint density at radius 2 is 1.75 bits per heavy atom. The number of amides is 2. The molecule has 0 saturated carbocycles. The fraction of sp³-hybridized carbons (Fsp3) is 0.483. The lowest BCUT2D eigenvalue weighted by Gasteiger charge is -2.36. The van der Waals surface area contributed by atoms with Gasteiger partial charge in [0, 0.05) is 34.8 Å². The molecule has 3 aromatic heterocycles. The van der Waals surface area contributed by atoms with E-state index in [0.29, 0.717) is 23.8 Å². The molecule has 3 heterocycles. The molecule has 0 unspecified atom stereocenters. The van der Waals surface area contributed by atoms with E-state index in [1.54, 1.807) is 45.6 Å². The molecule has 11 heteroatoms. The Morgan fingerprint density at radius 3 is 2.38 bits per heavy atom. The topological polar surface area (TPSA) is 72.0 Å². The number of carbonyl (C=O) groups excluding carboxylic acids is 2. The summed E-state index contributed by atoms with van der Waals surface area (Å²) in [6.07, 6.45) is 4.98. The van der Waals surface area contributed by atoms with Crippen LogP contribution >= 0.6 is 56.9 Å². The molecule has 1 aliphatic carbocycles. The molecule has 2 atom stereocenters. The summed E-state index contributed by atoms with van der Waals surface area (Å²) in [6, 6.07) is 5.61. The second-order valence-corrected chi connectivity index (χ2v) is 15.3. The third kappa shape index (κ3) is 7.30. The predicted octanol–water partition coefficient (Wildman–Crippen LogP) is 9.23. The average Bonchev–Trinajstić information content (AvgIpc) is 3.47. The highest BCUT2D eigenvalue weighted by Crippen LogP contribution is 2.46. The quantitative estimate of drug-likeness (QED) is 0.150. The maximum Gasteiger partial charge on any atom is 0.415 e. The van der Waals surface area contributed by atoms with E-state index in [-0.39, 0.29) is 18.1 Å². The van der Waals surface area contributed by atoms with E-state index in [2.05, 4.69) is 39.7 Å². The molecule has 2 amide bonds. The van der Waals surface area contributed by atoms with Gasteiger partial charge in [0.05, 0.1) is 26.0 Å². The van der Waals surface area contributed by atoms with Crippen LogP contribution < -0.4 is 4.90 Å². The van der Waals surface area contributed by atoms with Crippen molar-refractivity contribution in [3.8, 4) is 0 Å². The lowest BCUT2D eigenvalue weighted by molar-refractivity contribution is 0.0196. The van der Waals surface area contributed by atoms with E-state index < -0.39 is 17.3 Å². The van der Waals surface area contributed by atoms with E-state index in [1.165, 1.54) is 0 Å². The van der Waals surface area contributed by atoms with Crippen molar-refractivity contribution in [2.24, 2.45) is 0 Å². The molecule has 0 N–H and O–H groups in total. The Hall–Kier alpha value is -1.89. The number of nitrogens with zero attached hydrogens (tertiary/aromatic N) is 3. The SMILES string of the molecule is CN(C(=O)OC(C)(C)C)[C@H]1CC=CC[C@@H]1c1sc2c(N(Cc3cccs3)C(=O)OC(C)(C)C)cc(Cl)nc2c1I. The number of fused-ring (bicyclic) bond motifs is 1. The number of hydrogen-bond donors (Lipinski definition) is 0. The van der Waals surface area contributed by atoms with Gasteiger partial charge >= 0.3 is 12.2 Å². The molecule has 7 nitrogen and oxygen atoms in total. The number of aromatic nitrogens is 1. The summed E-state index contributed by atoms with van der Waals surface area (Å²) in [7, 11) is 1.80. The number of thiophene rings is 2. The van der Waals surface area contributed by atoms with E-state index in [1.807, 2.05) is 59.1 Å². The summed E-state index contributed by atoms with van der Waals surface area (Å²) in [4.78, 5) is 36.7. The summed E-state index contributed by atoms with van der Waals surface area (Å²) in [5.41, 5.74) is 0.163. The van der Waals surface area contributed by atoms with Crippen LogP contribution in [0.4, 0.5) is 15.3 Å². The Morgan fingerprint density at radius 1 is 1.10 bits per heavy atom. The minimum atomic E-state index is -0.663. The van der Waals surface area contributed by atoms with Gasteiger partial charge in [-0.3, -0.25) is 4.90 Å². The van der Waals surface area contributed by atoms with Crippen molar-refractivity contribution in [1.29, 1.82) is 0 Å². The first-order valence-corrected chi connectivity index (χ1v) is 16.2. The van der Waals surface area contributed by atoms with Gasteiger partial charge in [0.1, 0.15) is 16.4 Å². The molecule has 0 aromatic carbocycles. The number of pyridine rings is 1. The van der Waals surface area contributed by atoms with Gasteiger partial charge in [-0.1, -0.05) is 29.8 Å². The maximum atomic E-state index is 13.5. The summed E-state index contributed by atoms with van der Waals surface area (Å²) in [6.45, 7) is 11.5. The van der Waals surface area contributed by atoms with Crippen LogP contribution in [0.1, 0.15) is 70.1 Å². The van der Waals surface area contributed by atoms with Gasteiger partial charge in [0.25, 0.3) is 0 Å². The van der Waals surface area contributed by atoms with Crippen molar-refractivity contribution < 1.29 is 19.1 Å². The minimum absolute atomic E-state index is 0.0347. The van der Waals surface area contributed by atoms with E-state index in [4.69, 9.17) is 21.1 Å². The third-order valence-corrected chi connectivity index (χ3v) is 10.1. The van der Waals surface area contributed by atoms with Crippen LogP contribution in [0.3, 0.4) is 0 Å². The molecule has 216 valence electrons. The number of ether oxygens (including phenoxy) is 2. The van der Waals surface area contributed by atoms with Crippen molar-refractivity contribution >= 4 is 85.0 Å². The summed E-state index contributed by atoms with van der Waals surface area (Å²) in [5, 5.41) is 2.29. The van der Waals surface area contributed by atoms with Crippen LogP contribution in [0.2, 0.25) is 5.15 Å². The number of carbonyl (C=O) groups is 2. The molecule has 0 saturated heterocycles. The highest BCUT2D eigenvalue weighted by Gasteiger charge is 2.36. The minimum Gasteiger partial charge on any atom is -0.444 e. The third-order valence-electron chi connectivity index (χ3n) is 6.27. The van der Waals surface area contributed by atoms with Crippen LogP contribution in [0, 0.1) is 3.57 Å². The zero-order valence-corrected chi connectivity index (χ0v) is 28.3. The number of allylic oxidation sites excluding steroid dienone is 1. The molecule has 0 bridgehead atoms. The molecule has 0 fully saturated rings. The Balaban J connectivity index is 1.79. The normalized spacial score (nSPS) is 17.6. The zero-order chi connectivity index (χ0) is 29.4. The Labute approximate surface area is 262 Å². The van der Waals surface area contributed by atoms with Crippen molar-refractivity contribution in [2.45, 2.75) is 84.1 Å². The van der Waals surface area contributed by atoms with Crippen molar-refractivity contribution in [1.82, 2.24) is 9.88 Å². The van der Waals surface area contributed by atoms with Gasteiger partial charge < -0.3 is 14.4 Å². The van der Waals surface area contributed by atoms with Crippen molar-refractivity contribution in [3.05, 3.63) is 54.2 Å². The first kappa shape index (κ1) is 31.1. The highest BCUT2D eigenvalue weighted by atomic mass is 127. The number of rotatable bonds is 5. The Bertz CT molecular complexity index is 1410. The van der Waals surface area contributed by atoms with Gasteiger partial charge in [0.2, 0.25) is 0 Å². The first-order chi connectivity index (χ1) is 18.6. The molecular formula is C29H35ClIN3O4S2. The molecule has 4 rings (SSSR count).